The van der Waals surface area contributed by atoms with Gasteiger partial charge in [0.05, 0.1) is 0 Å². The third-order valence-corrected chi connectivity index (χ3v) is 3.37. The van der Waals surface area contributed by atoms with Crippen LogP contribution in [-0.4, -0.2) is 14.8 Å². The second kappa shape index (κ2) is 4.28. The van der Waals surface area contributed by atoms with Crippen LogP contribution in [0.15, 0.2) is 18.2 Å². The minimum atomic E-state index is -0.550. The summed E-state index contributed by atoms with van der Waals surface area (Å²) in [7, 11) is 0. The molecule has 1 fully saturated rings. The highest BCUT2D eigenvalue weighted by Gasteiger charge is 2.27. The summed E-state index contributed by atoms with van der Waals surface area (Å²) in [6, 6.07) is 4.19. The lowest BCUT2D eigenvalue weighted by Crippen LogP contribution is -2.05. The van der Waals surface area contributed by atoms with Gasteiger partial charge < -0.3 is 4.57 Å². The Hall–Kier alpha value is -1.56. The molecule has 0 unspecified atom stereocenters. The fourth-order valence-electron chi connectivity index (χ4n) is 2.03. The molecule has 1 aromatic heterocycles. The zero-order chi connectivity index (χ0) is 12.7. The molecule has 0 spiro atoms. The van der Waals surface area contributed by atoms with Gasteiger partial charge in [0.15, 0.2) is 4.77 Å². The minimum Gasteiger partial charge on any atom is -0.301 e. The molecular weight excluding hydrogens is 256 g/mol. The summed E-state index contributed by atoms with van der Waals surface area (Å²) >= 11 is 5.13. The molecule has 2 aromatic rings. The molecule has 3 nitrogen and oxygen atoms in total. The number of nitrogens with zero attached hydrogens (tertiary/aromatic N) is 2. The molecule has 0 saturated heterocycles. The molecule has 0 bridgehead atoms. The predicted octanol–water partition coefficient (Wildman–Crippen LogP) is 3.14. The van der Waals surface area contributed by atoms with E-state index in [0.29, 0.717) is 16.6 Å². The summed E-state index contributed by atoms with van der Waals surface area (Å²) in [5.41, 5.74) is 0.0356. The minimum absolute atomic E-state index is 0.0356. The van der Waals surface area contributed by atoms with E-state index in [1.807, 2.05) is 4.57 Å². The topological polar surface area (TPSA) is 33.6 Å². The Morgan fingerprint density at radius 2 is 2.00 bits per heavy atom. The van der Waals surface area contributed by atoms with Gasteiger partial charge in [-0.1, -0.05) is 6.07 Å². The van der Waals surface area contributed by atoms with Gasteiger partial charge in [-0.25, -0.2) is 8.78 Å². The second-order valence-electron chi connectivity index (χ2n) is 4.42. The van der Waals surface area contributed by atoms with Crippen LogP contribution in [0.5, 0.6) is 0 Å². The lowest BCUT2D eigenvalue weighted by atomic mass is 10.1. The van der Waals surface area contributed by atoms with Crippen LogP contribution in [-0.2, 0) is 6.42 Å². The quantitative estimate of drug-likeness (QED) is 0.867. The maximum atomic E-state index is 13.6. The van der Waals surface area contributed by atoms with Crippen LogP contribution in [0.1, 0.15) is 30.3 Å². The number of H-pyrrole nitrogens is 1. The molecule has 3 rings (SSSR count). The fourth-order valence-corrected chi connectivity index (χ4v) is 2.33. The molecule has 1 aliphatic carbocycles. The normalized spacial score (nSPS) is 15.0. The van der Waals surface area contributed by atoms with E-state index in [-0.39, 0.29) is 12.0 Å². The zero-order valence-corrected chi connectivity index (χ0v) is 10.3. The van der Waals surface area contributed by atoms with Gasteiger partial charge in [0.25, 0.3) is 0 Å². The van der Waals surface area contributed by atoms with Gasteiger partial charge in [-0.3, -0.25) is 5.10 Å². The predicted molar refractivity (Wildman–Crippen MR) is 64.8 cm³/mol. The number of benzene rings is 1. The van der Waals surface area contributed by atoms with Crippen LogP contribution in [0.4, 0.5) is 8.78 Å². The van der Waals surface area contributed by atoms with Crippen molar-refractivity contribution >= 4 is 12.2 Å². The molecule has 1 heterocycles. The number of hydrogen-bond acceptors (Lipinski definition) is 2. The highest BCUT2D eigenvalue weighted by molar-refractivity contribution is 7.71. The first-order valence-electron chi connectivity index (χ1n) is 5.75. The average molecular weight is 267 g/mol. The highest BCUT2D eigenvalue weighted by Crippen LogP contribution is 2.36. The van der Waals surface area contributed by atoms with Crippen molar-refractivity contribution in [3.63, 3.8) is 0 Å². The number of aromatic nitrogens is 3. The Morgan fingerprint density at radius 3 is 2.61 bits per heavy atom. The van der Waals surface area contributed by atoms with Crippen molar-refractivity contribution in [3.8, 4) is 0 Å². The lowest BCUT2D eigenvalue weighted by molar-refractivity contribution is 0.554. The van der Waals surface area contributed by atoms with Gasteiger partial charge in [0.1, 0.15) is 17.5 Å². The van der Waals surface area contributed by atoms with Crippen molar-refractivity contribution < 1.29 is 8.78 Å². The number of halogens is 2. The van der Waals surface area contributed by atoms with E-state index in [4.69, 9.17) is 12.2 Å². The molecule has 1 saturated carbocycles. The molecule has 1 N–H and O–H groups in total. The Bertz CT molecular complexity index is 623. The maximum absolute atomic E-state index is 13.6. The molecule has 6 heteroatoms. The smallest absolute Gasteiger partial charge is 0.195 e. The Morgan fingerprint density at radius 1 is 1.33 bits per heavy atom. The van der Waals surface area contributed by atoms with Crippen LogP contribution in [0.3, 0.4) is 0 Å². The summed E-state index contributed by atoms with van der Waals surface area (Å²) in [4.78, 5) is 0. The molecule has 1 aliphatic rings. The first-order chi connectivity index (χ1) is 8.66. The third-order valence-electron chi connectivity index (χ3n) is 3.09. The van der Waals surface area contributed by atoms with E-state index in [2.05, 4.69) is 10.2 Å². The van der Waals surface area contributed by atoms with Gasteiger partial charge in [0, 0.05) is 18.0 Å². The lowest BCUT2D eigenvalue weighted by Gasteiger charge is -2.06. The summed E-state index contributed by atoms with van der Waals surface area (Å²) < 4.78 is 29.5. The van der Waals surface area contributed by atoms with Crippen molar-refractivity contribution in [1.82, 2.24) is 14.8 Å². The Labute approximate surface area is 107 Å². The monoisotopic (exact) mass is 267 g/mol. The Kier molecular flexibility index (Phi) is 2.74. The average Bonchev–Trinajstić information content (AvgIpc) is 3.09. The number of rotatable bonds is 3. The molecule has 1 aromatic carbocycles. The standard InChI is InChI=1S/C12H11F2N3S/c13-9-2-1-3-10(14)8(9)6-11-15-16-12(18)17(11)7-4-5-7/h1-3,7H,4-6H2,(H,16,18). The summed E-state index contributed by atoms with van der Waals surface area (Å²) in [6.07, 6.45) is 2.20. The largest absolute Gasteiger partial charge is 0.301 e. The summed E-state index contributed by atoms with van der Waals surface area (Å²) in [5.74, 6) is -0.510. The molecule has 0 amide bonds. The van der Waals surface area contributed by atoms with Gasteiger partial charge >= 0.3 is 0 Å². The number of hydrogen-bond donors (Lipinski definition) is 1. The van der Waals surface area contributed by atoms with Gasteiger partial charge in [-0.05, 0) is 37.2 Å². The van der Waals surface area contributed by atoms with Crippen molar-refractivity contribution in [2.45, 2.75) is 25.3 Å². The second-order valence-corrected chi connectivity index (χ2v) is 4.81. The molecule has 0 aliphatic heterocycles. The first-order valence-corrected chi connectivity index (χ1v) is 6.16. The summed E-state index contributed by atoms with van der Waals surface area (Å²) in [5, 5.41) is 6.76. The van der Waals surface area contributed by atoms with E-state index < -0.39 is 11.6 Å². The van der Waals surface area contributed by atoms with E-state index in [9.17, 15) is 8.78 Å². The van der Waals surface area contributed by atoms with Crippen molar-refractivity contribution in [3.05, 3.63) is 46.0 Å². The number of aromatic amines is 1. The van der Waals surface area contributed by atoms with E-state index in [1.54, 1.807) is 0 Å². The fraction of sp³-hybridized carbons (Fsp3) is 0.333. The number of nitrogens with one attached hydrogen (secondary N) is 1. The van der Waals surface area contributed by atoms with E-state index in [1.165, 1.54) is 18.2 Å². The first kappa shape index (κ1) is 11.5. The van der Waals surface area contributed by atoms with E-state index >= 15 is 0 Å². The van der Waals surface area contributed by atoms with Crippen LogP contribution in [0.2, 0.25) is 0 Å². The van der Waals surface area contributed by atoms with Crippen LogP contribution < -0.4 is 0 Å². The highest BCUT2D eigenvalue weighted by atomic mass is 32.1. The zero-order valence-electron chi connectivity index (χ0n) is 9.49. The SMILES string of the molecule is Fc1cccc(F)c1Cc1n[nH]c(=S)n1C1CC1. The molecular formula is C12H11F2N3S. The van der Waals surface area contributed by atoms with Crippen molar-refractivity contribution in [1.29, 1.82) is 0 Å². The van der Waals surface area contributed by atoms with Crippen LogP contribution in [0, 0.1) is 16.4 Å². The molecule has 94 valence electrons. The third kappa shape index (κ3) is 1.96. The maximum Gasteiger partial charge on any atom is 0.195 e. The molecule has 0 atom stereocenters. The van der Waals surface area contributed by atoms with Crippen molar-refractivity contribution in [2.24, 2.45) is 0 Å². The van der Waals surface area contributed by atoms with Gasteiger partial charge in [-0.2, -0.15) is 5.10 Å². The van der Waals surface area contributed by atoms with Crippen LogP contribution in [0.25, 0.3) is 0 Å². The van der Waals surface area contributed by atoms with Gasteiger partial charge in [0.2, 0.25) is 0 Å². The van der Waals surface area contributed by atoms with Gasteiger partial charge in [-0.15, -0.1) is 0 Å². The van der Waals surface area contributed by atoms with Crippen molar-refractivity contribution in [2.75, 3.05) is 0 Å². The Balaban J connectivity index is 2.00. The molecule has 18 heavy (non-hydrogen) atoms. The molecule has 0 radical (unpaired) electrons. The summed E-state index contributed by atoms with van der Waals surface area (Å²) in [6.45, 7) is 0. The van der Waals surface area contributed by atoms with E-state index in [0.717, 1.165) is 12.8 Å². The van der Waals surface area contributed by atoms with Crippen LogP contribution >= 0.6 is 12.2 Å².